The number of aromatic nitrogens is 2. The Morgan fingerprint density at radius 1 is 1.07 bits per heavy atom. The molecule has 0 spiro atoms. The third kappa shape index (κ3) is 4.23. The fourth-order valence-corrected chi connectivity index (χ4v) is 3.16. The number of fused-ring (bicyclic) bond motifs is 1. The van der Waals surface area contributed by atoms with Gasteiger partial charge in [0.05, 0.1) is 25.6 Å². The molecule has 0 bridgehead atoms. The minimum absolute atomic E-state index is 0.148. The van der Waals surface area contributed by atoms with Crippen LogP contribution in [-0.4, -0.2) is 36.5 Å². The van der Waals surface area contributed by atoms with Gasteiger partial charge >= 0.3 is 0 Å². The highest BCUT2D eigenvalue weighted by Gasteiger charge is 2.17. The van der Waals surface area contributed by atoms with Gasteiger partial charge in [-0.25, -0.2) is 4.68 Å². The molecule has 3 rings (SSSR count). The summed E-state index contributed by atoms with van der Waals surface area (Å²) in [4.78, 5) is 25.4. The lowest BCUT2D eigenvalue weighted by atomic mass is 10.1. The topological polar surface area (TPSA) is 82.5 Å². The fraction of sp³-hybridized carbons (Fsp3) is 0.318. The van der Waals surface area contributed by atoms with Crippen LogP contribution in [0.2, 0.25) is 0 Å². The first kappa shape index (κ1) is 20.4. The zero-order valence-corrected chi connectivity index (χ0v) is 17.1. The van der Waals surface area contributed by atoms with Crippen molar-refractivity contribution in [2.24, 2.45) is 0 Å². The van der Waals surface area contributed by atoms with E-state index in [4.69, 9.17) is 9.47 Å². The van der Waals surface area contributed by atoms with Crippen molar-refractivity contribution >= 4 is 16.7 Å². The van der Waals surface area contributed by atoms with Gasteiger partial charge in [-0.2, -0.15) is 5.10 Å². The van der Waals surface area contributed by atoms with Crippen molar-refractivity contribution in [2.45, 2.75) is 26.3 Å². The van der Waals surface area contributed by atoms with Crippen LogP contribution in [0.1, 0.15) is 35.9 Å². The van der Waals surface area contributed by atoms with E-state index >= 15 is 0 Å². The van der Waals surface area contributed by atoms with E-state index in [0.717, 1.165) is 5.56 Å². The third-order valence-corrected chi connectivity index (χ3v) is 4.68. The third-order valence-electron chi connectivity index (χ3n) is 4.68. The van der Waals surface area contributed by atoms with E-state index in [0.29, 0.717) is 35.2 Å². The molecule has 0 radical (unpaired) electrons. The molecule has 3 aromatic rings. The Hall–Kier alpha value is -3.35. The summed E-state index contributed by atoms with van der Waals surface area (Å²) < 4.78 is 11.9. The number of methoxy groups -OCH3 is 2. The highest BCUT2D eigenvalue weighted by atomic mass is 16.5. The van der Waals surface area contributed by atoms with Gasteiger partial charge in [-0.05, 0) is 44.0 Å². The maximum Gasteiger partial charge on any atom is 0.274 e. The molecule has 7 nitrogen and oxygen atoms in total. The molecular formula is C22H25N3O4. The molecule has 0 saturated carbocycles. The highest BCUT2D eigenvalue weighted by Crippen LogP contribution is 2.27. The van der Waals surface area contributed by atoms with Gasteiger partial charge in [0, 0.05) is 11.9 Å². The minimum atomic E-state index is -0.309. The lowest BCUT2D eigenvalue weighted by molar-refractivity contribution is 0.0948. The summed E-state index contributed by atoms with van der Waals surface area (Å²) >= 11 is 0. The molecule has 0 atom stereocenters. The summed E-state index contributed by atoms with van der Waals surface area (Å²) in [5.41, 5.74) is 1.06. The van der Waals surface area contributed by atoms with Crippen LogP contribution in [0.4, 0.5) is 0 Å². The minimum Gasteiger partial charge on any atom is -0.493 e. The van der Waals surface area contributed by atoms with E-state index in [1.54, 1.807) is 38.5 Å². The van der Waals surface area contributed by atoms with E-state index < -0.39 is 0 Å². The lowest BCUT2D eigenvalue weighted by Gasteiger charge is -2.14. The predicted molar refractivity (Wildman–Crippen MR) is 112 cm³/mol. The maximum atomic E-state index is 12.8. The maximum absolute atomic E-state index is 12.8. The molecule has 7 heteroatoms. The molecular weight excluding hydrogens is 370 g/mol. The molecule has 1 heterocycles. The van der Waals surface area contributed by atoms with Crippen LogP contribution in [0, 0.1) is 0 Å². The van der Waals surface area contributed by atoms with Crippen molar-refractivity contribution in [1.29, 1.82) is 0 Å². The van der Waals surface area contributed by atoms with Crippen molar-refractivity contribution in [3.05, 3.63) is 64.1 Å². The van der Waals surface area contributed by atoms with E-state index in [1.165, 1.54) is 4.68 Å². The molecule has 0 aliphatic heterocycles. The molecule has 0 aliphatic rings. The number of hydrogen-bond acceptors (Lipinski definition) is 5. The van der Waals surface area contributed by atoms with Gasteiger partial charge in [-0.3, -0.25) is 9.59 Å². The van der Waals surface area contributed by atoms with E-state index in [2.05, 4.69) is 10.4 Å². The second-order valence-electron chi connectivity index (χ2n) is 6.93. The van der Waals surface area contributed by atoms with E-state index in [1.807, 2.05) is 32.0 Å². The standard InChI is InChI=1S/C22H25N3O4/c1-14(2)25-22(27)17-8-6-5-7-16(17)20(24-25)21(26)23-12-11-15-9-10-18(28-3)19(13-15)29-4/h5-10,13-14H,11-12H2,1-4H3,(H,23,26). The summed E-state index contributed by atoms with van der Waals surface area (Å²) in [7, 11) is 3.18. The van der Waals surface area contributed by atoms with Gasteiger partial charge in [-0.15, -0.1) is 0 Å². The van der Waals surface area contributed by atoms with Crippen LogP contribution in [0.25, 0.3) is 10.8 Å². The zero-order valence-electron chi connectivity index (χ0n) is 17.1. The number of nitrogens with one attached hydrogen (secondary N) is 1. The number of carbonyl (C=O) groups excluding carboxylic acids is 1. The summed E-state index contributed by atoms with van der Waals surface area (Å²) in [6.45, 7) is 4.15. The molecule has 29 heavy (non-hydrogen) atoms. The molecule has 0 unspecified atom stereocenters. The van der Waals surface area contributed by atoms with Gasteiger partial charge in [0.2, 0.25) is 0 Å². The Morgan fingerprint density at radius 3 is 2.41 bits per heavy atom. The SMILES string of the molecule is COc1ccc(CCNC(=O)c2nn(C(C)C)c(=O)c3ccccc23)cc1OC. The summed E-state index contributed by atoms with van der Waals surface area (Å²) in [6, 6.07) is 12.6. The predicted octanol–water partition coefficient (Wildman–Crippen LogP) is 2.97. The fourth-order valence-electron chi connectivity index (χ4n) is 3.16. The number of carbonyl (C=O) groups is 1. The molecule has 0 saturated heterocycles. The van der Waals surface area contributed by atoms with Gasteiger partial charge in [0.1, 0.15) is 0 Å². The second-order valence-corrected chi connectivity index (χ2v) is 6.93. The molecule has 0 fully saturated rings. The van der Waals surface area contributed by atoms with Crippen LogP contribution in [0.15, 0.2) is 47.3 Å². The average Bonchev–Trinajstić information content (AvgIpc) is 2.73. The number of rotatable bonds is 7. The van der Waals surface area contributed by atoms with Crippen molar-refractivity contribution in [2.75, 3.05) is 20.8 Å². The molecule has 2 aromatic carbocycles. The van der Waals surface area contributed by atoms with Crippen LogP contribution in [-0.2, 0) is 6.42 Å². The van der Waals surface area contributed by atoms with Gasteiger partial charge in [-0.1, -0.05) is 24.3 Å². The first-order valence-electron chi connectivity index (χ1n) is 9.47. The van der Waals surface area contributed by atoms with Gasteiger partial charge < -0.3 is 14.8 Å². The van der Waals surface area contributed by atoms with Crippen LogP contribution in [0.3, 0.4) is 0 Å². The first-order valence-corrected chi connectivity index (χ1v) is 9.47. The van der Waals surface area contributed by atoms with Crippen LogP contribution < -0.4 is 20.3 Å². The molecule has 1 aromatic heterocycles. The number of hydrogen-bond donors (Lipinski definition) is 1. The quantitative estimate of drug-likeness (QED) is 0.665. The molecule has 152 valence electrons. The summed E-state index contributed by atoms with van der Waals surface area (Å²) in [6.07, 6.45) is 0.619. The highest BCUT2D eigenvalue weighted by molar-refractivity contribution is 6.04. The van der Waals surface area contributed by atoms with Crippen molar-refractivity contribution in [1.82, 2.24) is 15.1 Å². The summed E-state index contributed by atoms with van der Waals surface area (Å²) in [5.74, 6) is 0.996. The normalized spacial score (nSPS) is 10.9. The average molecular weight is 395 g/mol. The van der Waals surface area contributed by atoms with Crippen molar-refractivity contribution < 1.29 is 14.3 Å². The second kappa shape index (κ2) is 8.77. The Balaban J connectivity index is 1.80. The van der Waals surface area contributed by atoms with Gasteiger partial charge in [0.25, 0.3) is 11.5 Å². The lowest BCUT2D eigenvalue weighted by Crippen LogP contribution is -2.32. The Morgan fingerprint density at radius 2 is 1.76 bits per heavy atom. The van der Waals surface area contributed by atoms with E-state index in [-0.39, 0.29) is 23.2 Å². The number of ether oxygens (including phenoxy) is 2. The van der Waals surface area contributed by atoms with Crippen LogP contribution in [0.5, 0.6) is 11.5 Å². The Labute approximate surface area is 169 Å². The van der Waals surface area contributed by atoms with Crippen molar-refractivity contribution in [3.63, 3.8) is 0 Å². The van der Waals surface area contributed by atoms with E-state index in [9.17, 15) is 9.59 Å². The number of amides is 1. The number of nitrogens with zero attached hydrogens (tertiary/aromatic N) is 2. The molecule has 1 amide bonds. The van der Waals surface area contributed by atoms with Crippen LogP contribution >= 0.6 is 0 Å². The van der Waals surface area contributed by atoms with Gasteiger partial charge in [0.15, 0.2) is 17.2 Å². The van der Waals surface area contributed by atoms with Crippen molar-refractivity contribution in [3.8, 4) is 11.5 Å². The monoisotopic (exact) mass is 395 g/mol. The zero-order chi connectivity index (χ0) is 21.0. The first-order chi connectivity index (χ1) is 14.0. The Kier molecular flexibility index (Phi) is 6.16. The molecule has 1 N–H and O–H groups in total. The largest absolute Gasteiger partial charge is 0.493 e. The molecule has 0 aliphatic carbocycles. The Bertz CT molecular complexity index is 1090. The smallest absolute Gasteiger partial charge is 0.274 e. The summed E-state index contributed by atoms with van der Waals surface area (Å²) in [5, 5.41) is 8.27. The number of benzene rings is 2.